The van der Waals surface area contributed by atoms with E-state index >= 15 is 0 Å². The number of aromatic amines is 1. The number of ether oxygens (including phenoxy) is 1. The van der Waals surface area contributed by atoms with Gasteiger partial charge in [0.05, 0.1) is 10.5 Å². The number of hydrogen-bond acceptors (Lipinski definition) is 9. The third-order valence-electron chi connectivity index (χ3n) is 9.25. The number of rotatable bonds is 4. The second-order valence-electron chi connectivity index (χ2n) is 11.2. The van der Waals surface area contributed by atoms with Crippen LogP contribution in [0.2, 0.25) is 0 Å². The highest BCUT2D eigenvalue weighted by Gasteiger charge is 2.83. The maximum Gasteiger partial charge on any atom is 0.338 e. The number of non-ortho nitro benzene ring substituents is 1. The number of piperazine rings is 1. The van der Waals surface area contributed by atoms with Gasteiger partial charge in [0.2, 0.25) is 4.87 Å². The zero-order valence-corrected chi connectivity index (χ0v) is 24.4. The number of nitrogens with one attached hydrogen (secondary N) is 2. The molecule has 4 saturated heterocycles. The predicted molar refractivity (Wildman–Crippen MR) is 161 cm³/mol. The number of para-hydroxylation sites is 2. The van der Waals surface area contributed by atoms with E-state index in [0.29, 0.717) is 0 Å². The molecular weight excluding hydrogens is 590 g/mol. The molecule has 2 N–H and O–H groups in total. The lowest BCUT2D eigenvalue weighted by Crippen LogP contribution is -2.77. The highest BCUT2D eigenvalue weighted by atomic mass is 33.1. The second-order valence-corrected chi connectivity index (χ2v) is 13.9. The number of hydrogen-bond donors (Lipinski definition) is 2. The van der Waals surface area contributed by atoms with Gasteiger partial charge in [-0.2, -0.15) is 0 Å². The Labute approximate surface area is 252 Å². The summed E-state index contributed by atoms with van der Waals surface area (Å²) < 4.78 is 6.49. The van der Waals surface area contributed by atoms with E-state index < -0.39 is 38.3 Å². The number of amides is 2. The number of benzene rings is 3. The van der Waals surface area contributed by atoms with Crippen LogP contribution < -0.4 is 5.32 Å². The third-order valence-corrected chi connectivity index (χ3v) is 12.9. The first kappa shape index (κ1) is 26.2. The average Bonchev–Trinajstić information content (AvgIpc) is 3.65. The van der Waals surface area contributed by atoms with Gasteiger partial charge in [-0.25, -0.2) is 4.79 Å². The number of anilines is 1. The van der Waals surface area contributed by atoms with Gasteiger partial charge in [-0.15, -0.1) is 0 Å². The molecule has 3 aromatic carbocycles. The molecule has 2 amide bonds. The molecule has 2 bridgehead atoms. The summed E-state index contributed by atoms with van der Waals surface area (Å²) in [5, 5.41) is 15.7. The number of carbonyl (C=O) groups excluding carboxylic acids is 3. The lowest BCUT2D eigenvalue weighted by Gasteiger charge is -2.58. The van der Waals surface area contributed by atoms with Gasteiger partial charge >= 0.3 is 5.97 Å². The standard InChI is InChI=1S/C30H23N5O6S2/c1-28-26(37)34-25-29(19-8-4-6-10-22(19)32-25,20-15-31-21-9-5-3-7-18(20)21)24(30(34,43-42-28)27(38)33(28)2)41-23(36)16-11-13-17(14-12-16)35(39)40/h3-15,24-25,31-32H,1-2H3/t24-,25+,28+,29+,30-/m0/s1. The number of nitro benzene ring substituents is 1. The van der Waals surface area contributed by atoms with E-state index in [2.05, 4.69) is 10.3 Å². The van der Waals surface area contributed by atoms with Crippen LogP contribution in [0.1, 0.15) is 28.4 Å². The van der Waals surface area contributed by atoms with Crippen molar-refractivity contribution in [3.05, 3.63) is 106 Å². The van der Waals surface area contributed by atoms with Crippen LogP contribution in [0.5, 0.6) is 0 Å². The average molecular weight is 614 g/mol. The van der Waals surface area contributed by atoms with Gasteiger partial charge in [0.15, 0.2) is 11.0 Å². The number of fused-ring (bicyclic) bond motifs is 6. The number of esters is 1. The Balaban J connectivity index is 1.41. The second kappa shape index (κ2) is 8.54. The maximum absolute atomic E-state index is 14.5. The summed E-state index contributed by atoms with van der Waals surface area (Å²) in [7, 11) is 4.13. The number of aromatic nitrogens is 1. The smallest absolute Gasteiger partial charge is 0.338 e. The van der Waals surface area contributed by atoms with Crippen LogP contribution in [0.15, 0.2) is 79.0 Å². The van der Waals surface area contributed by atoms with Gasteiger partial charge in [0.25, 0.3) is 17.5 Å². The summed E-state index contributed by atoms with van der Waals surface area (Å²) in [5.74, 6) is -1.36. The van der Waals surface area contributed by atoms with Crippen LogP contribution in [-0.4, -0.2) is 66.6 Å². The van der Waals surface area contributed by atoms with Gasteiger partial charge in [0.1, 0.15) is 11.6 Å². The van der Waals surface area contributed by atoms with Crippen molar-refractivity contribution in [3.8, 4) is 0 Å². The molecule has 4 fully saturated rings. The van der Waals surface area contributed by atoms with Crippen molar-refractivity contribution in [1.29, 1.82) is 0 Å². The van der Waals surface area contributed by atoms with Crippen LogP contribution in [0.3, 0.4) is 0 Å². The molecule has 4 aromatic rings. The maximum atomic E-state index is 14.5. The highest BCUT2D eigenvalue weighted by molar-refractivity contribution is 8.78. The molecule has 5 aliphatic heterocycles. The van der Waals surface area contributed by atoms with Crippen LogP contribution in [0.4, 0.5) is 11.4 Å². The van der Waals surface area contributed by atoms with Gasteiger partial charge < -0.3 is 19.9 Å². The molecule has 0 aliphatic carbocycles. The first-order valence-electron chi connectivity index (χ1n) is 13.5. The SMILES string of the molecule is CN1C(=O)[C@]23SS[C@]1(C)C(=O)N2[C@H]1Nc2ccccc2[C@@]1(c1c[nH]c2ccccc12)[C@@H]3OC(=O)c1ccc([N+](=O)[O-])cc1. The highest BCUT2D eigenvalue weighted by Crippen LogP contribution is 2.70. The topological polar surface area (TPSA) is 138 Å². The lowest BCUT2D eigenvalue weighted by atomic mass is 9.70. The van der Waals surface area contributed by atoms with Crippen molar-refractivity contribution in [2.45, 2.75) is 34.4 Å². The zero-order chi connectivity index (χ0) is 29.9. The first-order chi connectivity index (χ1) is 20.7. The first-order valence-corrected chi connectivity index (χ1v) is 15.7. The van der Waals surface area contributed by atoms with Gasteiger partial charge in [0, 0.05) is 42.0 Å². The number of likely N-dealkylation sites (N-methyl/N-ethyl adjacent to an activating group) is 1. The molecule has 11 nitrogen and oxygen atoms in total. The quantitative estimate of drug-likeness (QED) is 0.148. The van der Waals surface area contributed by atoms with Crippen molar-refractivity contribution < 1.29 is 24.0 Å². The van der Waals surface area contributed by atoms with E-state index in [1.807, 2.05) is 54.7 Å². The number of nitro groups is 1. The predicted octanol–water partition coefficient (Wildman–Crippen LogP) is 4.46. The Morgan fingerprint density at radius 3 is 2.47 bits per heavy atom. The Morgan fingerprint density at radius 2 is 1.70 bits per heavy atom. The third kappa shape index (κ3) is 3.00. The van der Waals surface area contributed by atoms with Crippen molar-refractivity contribution >= 4 is 61.6 Å². The summed E-state index contributed by atoms with van der Waals surface area (Å²) in [6.07, 6.45) is -0.0885. The minimum absolute atomic E-state index is 0.0894. The van der Waals surface area contributed by atoms with E-state index in [1.54, 1.807) is 18.9 Å². The minimum Gasteiger partial charge on any atom is -0.453 e. The van der Waals surface area contributed by atoms with Crippen LogP contribution in [-0.2, 0) is 19.7 Å². The Hall–Kier alpha value is -4.49. The minimum atomic E-state index is -1.60. The van der Waals surface area contributed by atoms with E-state index in [1.165, 1.54) is 50.8 Å². The molecule has 9 rings (SSSR count). The Kier molecular flexibility index (Phi) is 5.20. The van der Waals surface area contributed by atoms with E-state index in [4.69, 9.17) is 4.74 Å². The van der Waals surface area contributed by atoms with Crippen molar-refractivity contribution in [2.75, 3.05) is 12.4 Å². The van der Waals surface area contributed by atoms with E-state index in [0.717, 1.165) is 27.7 Å². The molecule has 1 spiro atoms. The Bertz CT molecular complexity index is 1910. The van der Waals surface area contributed by atoms with Crippen molar-refractivity contribution in [2.24, 2.45) is 0 Å². The summed E-state index contributed by atoms with van der Waals surface area (Å²) in [6, 6.07) is 20.5. The summed E-state index contributed by atoms with van der Waals surface area (Å²) in [5.41, 5.74) is 1.90. The molecule has 1 aromatic heterocycles. The van der Waals surface area contributed by atoms with Gasteiger partial charge in [-0.05, 0) is 53.1 Å². The van der Waals surface area contributed by atoms with Crippen molar-refractivity contribution in [3.63, 3.8) is 0 Å². The molecule has 5 aliphatic rings. The fraction of sp³-hybridized carbons (Fsp3) is 0.233. The molecule has 6 heterocycles. The van der Waals surface area contributed by atoms with E-state index in [-0.39, 0.29) is 23.1 Å². The molecule has 0 unspecified atom stereocenters. The number of H-pyrrole nitrogens is 1. The molecule has 5 atom stereocenters. The summed E-state index contributed by atoms with van der Waals surface area (Å²) in [6.45, 7) is 1.74. The van der Waals surface area contributed by atoms with Gasteiger partial charge in [-0.1, -0.05) is 47.2 Å². The summed E-state index contributed by atoms with van der Waals surface area (Å²) >= 11 is 0. The monoisotopic (exact) mass is 613 g/mol. The normalized spacial score (nSPS) is 30.2. The molecule has 216 valence electrons. The molecular formula is C30H23N5O6S2. The van der Waals surface area contributed by atoms with Crippen molar-refractivity contribution in [1.82, 2.24) is 14.8 Å². The Morgan fingerprint density at radius 1 is 0.977 bits per heavy atom. The molecule has 13 heteroatoms. The molecule has 0 saturated carbocycles. The molecule has 43 heavy (non-hydrogen) atoms. The van der Waals surface area contributed by atoms with Crippen LogP contribution in [0.25, 0.3) is 10.9 Å². The van der Waals surface area contributed by atoms with E-state index in [9.17, 15) is 24.5 Å². The molecule has 0 radical (unpaired) electrons. The summed E-state index contributed by atoms with van der Waals surface area (Å²) in [4.78, 5) is 57.3. The lowest BCUT2D eigenvalue weighted by molar-refractivity contribution is -0.384. The zero-order valence-electron chi connectivity index (χ0n) is 22.8. The van der Waals surface area contributed by atoms with Crippen LogP contribution >= 0.6 is 21.6 Å². The fourth-order valence-electron chi connectivity index (χ4n) is 7.11. The fourth-order valence-corrected chi connectivity index (χ4v) is 10.7. The number of carbonyl (C=O) groups is 3. The largest absolute Gasteiger partial charge is 0.453 e. The van der Waals surface area contributed by atoms with Crippen LogP contribution in [0, 0.1) is 10.1 Å². The van der Waals surface area contributed by atoms with Gasteiger partial charge in [-0.3, -0.25) is 24.6 Å². The number of nitrogens with zero attached hydrogens (tertiary/aromatic N) is 3.